The zero-order valence-corrected chi connectivity index (χ0v) is 17.4. The molecule has 1 aliphatic rings. The van der Waals surface area contributed by atoms with Crippen LogP contribution in [0.3, 0.4) is 0 Å². The molecule has 0 aliphatic carbocycles. The molecule has 1 aliphatic heterocycles. The maximum atomic E-state index is 12.6. The van der Waals surface area contributed by atoms with E-state index >= 15 is 0 Å². The molecule has 2 heterocycles. The highest BCUT2D eigenvalue weighted by molar-refractivity contribution is 9.10. The first-order valence-corrected chi connectivity index (χ1v) is 9.92. The van der Waals surface area contributed by atoms with E-state index in [0.717, 1.165) is 5.56 Å². The van der Waals surface area contributed by atoms with E-state index in [1.807, 2.05) is 24.3 Å². The van der Waals surface area contributed by atoms with Crippen molar-refractivity contribution < 1.29 is 18.7 Å². The van der Waals surface area contributed by atoms with E-state index in [1.165, 1.54) is 16.7 Å². The predicted octanol–water partition coefficient (Wildman–Crippen LogP) is 3.68. The first kappa shape index (κ1) is 19.7. The van der Waals surface area contributed by atoms with Crippen molar-refractivity contribution in [3.8, 4) is 5.75 Å². The van der Waals surface area contributed by atoms with E-state index < -0.39 is 0 Å². The van der Waals surface area contributed by atoms with Crippen molar-refractivity contribution >= 4 is 62.1 Å². The Kier molecular flexibility index (Phi) is 6.35. The van der Waals surface area contributed by atoms with Crippen molar-refractivity contribution in [3.63, 3.8) is 0 Å². The van der Waals surface area contributed by atoms with Crippen molar-refractivity contribution in [2.45, 2.75) is 0 Å². The number of carbonyl (C=O) groups excluding carboxylic acids is 2. The third kappa shape index (κ3) is 4.79. The first-order chi connectivity index (χ1) is 13.0. The highest BCUT2D eigenvalue weighted by Gasteiger charge is 2.31. The summed E-state index contributed by atoms with van der Waals surface area (Å²) in [6.45, 7) is 0.545. The Labute approximate surface area is 174 Å². The summed E-state index contributed by atoms with van der Waals surface area (Å²) in [6, 6.07) is 10.6. The molecule has 6 nitrogen and oxygen atoms in total. The lowest BCUT2D eigenvalue weighted by molar-refractivity contribution is -0.122. The SMILES string of the molecule is COc1cccc(/C=C2/SC(=S)N(CCNC(=O)c3ccc(Br)o3)C2=O)c1. The summed E-state index contributed by atoms with van der Waals surface area (Å²) in [7, 11) is 1.59. The predicted molar refractivity (Wildman–Crippen MR) is 112 cm³/mol. The lowest BCUT2D eigenvalue weighted by Gasteiger charge is -2.14. The number of thiocarbonyl (C=S) groups is 1. The number of benzene rings is 1. The minimum Gasteiger partial charge on any atom is -0.497 e. The smallest absolute Gasteiger partial charge is 0.287 e. The van der Waals surface area contributed by atoms with Crippen LogP contribution in [0.4, 0.5) is 0 Å². The maximum Gasteiger partial charge on any atom is 0.287 e. The second kappa shape index (κ2) is 8.73. The summed E-state index contributed by atoms with van der Waals surface area (Å²) < 4.78 is 11.3. The van der Waals surface area contributed by atoms with E-state index in [1.54, 1.807) is 25.3 Å². The summed E-state index contributed by atoms with van der Waals surface area (Å²) in [5.41, 5.74) is 0.853. The van der Waals surface area contributed by atoms with Crippen LogP contribution >= 0.6 is 39.9 Å². The number of hydrogen-bond donors (Lipinski definition) is 1. The van der Waals surface area contributed by atoms with Crippen LogP contribution in [0, 0.1) is 0 Å². The van der Waals surface area contributed by atoms with Crippen LogP contribution in [0.25, 0.3) is 6.08 Å². The summed E-state index contributed by atoms with van der Waals surface area (Å²) in [5, 5.41) is 2.71. The van der Waals surface area contributed by atoms with Crippen LogP contribution in [0.2, 0.25) is 0 Å². The number of furan rings is 1. The van der Waals surface area contributed by atoms with Crippen molar-refractivity contribution in [3.05, 3.63) is 57.3 Å². The van der Waals surface area contributed by atoms with Crippen molar-refractivity contribution in [1.29, 1.82) is 0 Å². The molecule has 3 rings (SSSR count). The average Bonchev–Trinajstić information content (AvgIpc) is 3.20. The maximum absolute atomic E-state index is 12.6. The molecule has 0 unspecified atom stereocenters. The van der Waals surface area contributed by atoms with Gasteiger partial charge in [0.05, 0.1) is 12.0 Å². The largest absolute Gasteiger partial charge is 0.497 e. The molecule has 140 valence electrons. The number of carbonyl (C=O) groups is 2. The zero-order valence-electron chi connectivity index (χ0n) is 14.2. The van der Waals surface area contributed by atoms with Gasteiger partial charge in [-0.25, -0.2) is 0 Å². The fourth-order valence-electron chi connectivity index (χ4n) is 2.38. The van der Waals surface area contributed by atoms with Crippen LogP contribution in [0.5, 0.6) is 5.75 Å². The third-order valence-corrected chi connectivity index (χ3v) is 5.49. The lowest BCUT2D eigenvalue weighted by Crippen LogP contribution is -2.37. The topological polar surface area (TPSA) is 71.8 Å². The van der Waals surface area contributed by atoms with Crippen LogP contribution < -0.4 is 10.1 Å². The highest BCUT2D eigenvalue weighted by atomic mass is 79.9. The quantitative estimate of drug-likeness (QED) is 0.517. The van der Waals surface area contributed by atoms with E-state index in [9.17, 15) is 9.59 Å². The van der Waals surface area contributed by atoms with Gasteiger partial charge in [0, 0.05) is 13.1 Å². The summed E-state index contributed by atoms with van der Waals surface area (Å²) in [5.74, 6) is 0.387. The number of nitrogens with zero attached hydrogens (tertiary/aromatic N) is 1. The lowest BCUT2D eigenvalue weighted by atomic mass is 10.2. The Morgan fingerprint density at radius 2 is 2.22 bits per heavy atom. The Hall–Kier alpha value is -2.10. The number of hydrogen-bond acceptors (Lipinski definition) is 6. The van der Waals surface area contributed by atoms with Gasteiger partial charge >= 0.3 is 0 Å². The molecule has 1 N–H and O–H groups in total. The summed E-state index contributed by atoms with van der Waals surface area (Å²) in [4.78, 5) is 26.6. The Morgan fingerprint density at radius 3 is 2.93 bits per heavy atom. The van der Waals surface area contributed by atoms with Gasteiger partial charge in [-0.1, -0.05) is 36.1 Å². The number of nitrogens with one attached hydrogen (secondary N) is 1. The van der Waals surface area contributed by atoms with Gasteiger partial charge in [-0.3, -0.25) is 14.5 Å². The normalized spacial score (nSPS) is 15.5. The van der Waals surface area contributed by atoms with E-state index in [-0.39, 0.29) is 30.7 Å². The van der Waals surface area contributed by atoms with E-state index in [0.29, 0.717) is 19.6 Å². The van der Waals surface area contributed by atoms with Gasteiger partial charge in [0.25, 0.3) is 11.8 Å². The van der Waals surface area contributed by atoms with Crippen LogP contribution in [0.15, 0.2) is 50.4 Å². The molecule has 1 fully saturated rings. The second-order valence-electron chi connectivity index (χ2n) is 5.47. The zero-order chi connectivity index (χ0) is 19.4. The molecular formula is C18H15BrN2O4S2. The minimum atomic E-state index is -0.349. The first-order valence-electron chi connectivity index (χ1n) is 7.91. The molecule has 0 spiro atoms. The van der Waals surface area contributed by atoms with Gasteiger partial charge in [-0.2, -0.15) is 0 Å². The Balaban J connectivity index is 1.60. The number of amides is 2. The molecule has 0 radical (unpaired) electrons. The molecule has 9 heteroatoms. The van der Waals surface area contributed by atoms with Crippen molar-refractivity contribution in [1.82, 2.24) is 10.2 Å². The third-order valence-electron chi connectivity index (χ3n) is 3.68. The molecule has 27 heavy (non-hydrogen) atoms. The van der Waals surface area contributed by atoms with Gasteiger partial charge in [-0.05, 0) is 51.8 Å². The van der Waals surface area contributed by atoms with Gasteiger partial charge in [0.1, 0.15) is 10.1 Å². The minimum absolute atomic E-state index is 0.178. The second-order valence-corrected chi connectivity index (χ2v) is 7.93. The average molecular weight is 467 g/mol. The molecule has 1 aromatic carbocycles. The summed E-state index contributed by atoms with van der Waals surface area (Å²) >= 11 is 9.69. The van der Waals surface area contributed by atoms with Gasteiger partial charge in [0.15, 0.2) is 10.4 Å². The van der Waals surface area contributed by atoms with Crippen LogP contribution in [0.1, 0.15) is 16.1 Å². The van der Waals surface area contributed by atoms with Crippen LogP contribution in [-0.2, 0) is 4.79 Å². The number of thioether (sulfide) groups is 1. The fourth-order valence-corrected chi connectivity index (χ4v) is 4.00. The number of halogens is 1. The molecule has 2 amide bonds. The van der Waals surface area contributed by atoms with Gasteiger partial charge in [-0.15, -0.1) is 0 Å². The fraction of sp³-hybridized carbons (Fsp3) is 0.167. The standard InChI is InChI=1S/C18H15BrN2O4S2/c1-24-12-4-2-3-11(9-12)10-14-17(23)21(18(26)27-14)8-7-20-16(22)13-5-6-15(19)25-13/h2-6,9-10H,7-8H2,1H3,(H,20,22)/b14-10+. The Morgan fingerprint density at radius 1 is 1.41 bits per heavy atom. The van der Waals surface area contributed by atoms with Crippen molar-refractivity contribution in [2.24, 2.45) is 0 Å². The Bertz CT molecular complexity index is 926. The molecular weight excluding hydrogens is 452 g/mol. The highest BCUT2D eigenvalue weighted by Crippen LogP contribution is 2.32. The number of rotatable bonds is 6. The molecule has 0 saturated carbocycles. The summed E-state index contributed by atoms with van der Waals surface area (Å²) in [6.07, 6.45) is 1.78. The number of methoxy groups -OCH3 is 1. The monoisotopic (exact) mass is 466 g/mol. The van der Waals surface area contributed by atoms with Crippen LogP contribution in [-0.4, -0.2) is 41.2 Å². The molecule has 0 atom stereocenters. The molecule has 2 aromatic rings. The van der Waals surface area contributed by atoms with Crippen molar-refractivity contribution in [2.75, 3.05) is 20.2 Å². The van der Waals surface area contributed by atoms with Gasteiger partial charge < -0.3 is 14.5 Å². The van der Waals surface area contributed by atoms with E-state index in [2.05, 4.69) is 21.2 Å². The molecule has 1 aromatic heterocycles. The number of ether oxygens (including phenoxy) is 1. The molecule has 0 bridgehead atoms. The van der Waals surface area contributed by atoms with Gasteiger partial charge in [0.2, 0.25) is 0 Å². The van der Waals surface area contributed by atoms with E-state index in [4.69, 9.17) is 21.4 Å². The molecule has 1 saturated heterocycles.